The van der Waals surface area contributed by atoms with Gasteiger partial charge in [-0.2, -0.15) is 0 Å². The first-order valence-corrected chi connectivity index (χ1v) is 9.54. The van der Waals surface area contributed by atoms with E-state index in [2.05, 4.69) is 24.3 Å². The van der Waals surface area contributed by atoms with Crippen LogP contribution in [0.4, 0.5) is 5.69 Å². The highest BCUT2D eigenvalue weighted by Crippen LogP contribution is 2.29. The van der Waals surface area contributed by atoms with Crippen LogP contribution in [0.5, 0.6) is 0 Å². The molecule has 2 atom stereocenters. The quantitative estimate of drug-likeness (QED) is 0.820. The van der Waals surface area contributed by atoms with Gasteiger partial charge >= 0.3 is 0 Å². The highest BCUT2D eigenvalue weighted by molar-refractivity contribution is 6.31. The smallest absolute Gasteiger partial charge is 0.256 e. The summed E-state index contributed by atoms with van der Waals surface area (Å²) in [5.41, 5.74) is 3.27. The van der Waals surface area contributed by atoms with Gasteiger partial charge in [-0.1, -0.05) is 16.8 Å². The van der Waals surface area contributed by atoms with Crippen LogP contribution in [0.15, 0.2) is 22.7 Å². The van der Waals surface area contributed by atoms with E-state index < -0.39 is 0 Å². The number of likely N-dealkylation sites (tertiary alicyclic amines) is 1. The predicted octanol–water partition coefficient (Wildman–Crippen LogP) is 4.96. The molecule has 26 heavy (non-hydrogen) atoms. The van der Waals surface area contributed by atoms with Gasteiger partial charge in [0.05, 0.1) is 11.3 Å². The fourth-order valence-electron chi connectivity index (χ4n) is 3.75. The third kappa shape index (κ3) is 3.73. The van der Waals surface area contributed by atoms with Crippen molar-refractivity contribution in [1.29, 1.82) is 0 Å². The van der Waals surface area contributed by atoms with Crippen LogP contribution >= 0.6 is 11.6 Å². The molecule has 0 bridgehead atoms. The van der Waals surface area contributed by atoms with E-state index in [-0.39, 0.29) is 18.0 Å². The predicted molar refractivity (Wildman–Crippen MR) is 104 cm³/mol. The standard InChI is InChI=1S/C20H26ClN3O2/c1-12-6-5-7-13(2)24(12)20(25)17-10-16(21)8-9-19(17)22-11-18-14(3)23-26-15(18)4/h8-10,12-13,22H,5-7,11H2,1-4H3. The molecule has 1 fully saturated rings. The van der Waals surface area contributed by atoms with Crippen LogP contribution in [-0.4, -0.2) is 28.0 Å². The van der Waals surface area contributed by atoms with E-state index in [1.54, 1.807) is 12.1 Å². The topological polar surface area (TPSA) is 58.4 Å². The van der Waals surface area contributed by atoms with Crippen LogP contribution in [-0.2, 0) is 6.54 Å². The molecule has 140 valence electrons. The van der Waals surface area contributed by atoms with Crippen LogP contribution < -0.4 is 5.32 Å². The van der Waals surface area contributed by atoms with Gasteiger partial charge in [0.2, 0.25) is 0 Å². The fraction of sp³-hybridized carbons (Fsp3) is 0.500. The summed E-state index contributed by atoms with van der Waals surface area (Å²) >= 11 is 6.20. The first-order valence-electron chi connectivity index (χ1n) is 9.16. The summed E-state index contributed by atoms with van der Waals surface area (Å²) in [6.07, 6.45) is 3.25. The summed E-state index contributed by atoms with van der Waals surface area (Å²) in [6.45, 7) is 8.60. The van der Waals surface area contributed by atoms with Crippen molar-refractivity contribution in [3.05, 3.63) is 45.8 Å². The van der Waals surface area contributed by atoms with Crippen LogP contribution in [0.3, 0.4) is 0 Å². The SMILES string of the molecule is Cc1noc(C)c1CNc1ccc(Cl)cc1C(=O)N1C(C)CCCC1C. The second-order valence-corrected chi connectivity index (χ2v) is 7.62. The van der Waals surface area contributed by atoms with Crippen molar-refractivity contribution in [3.63, 3.8) is 0 Å². The molecule has 1 aliphatic heterocycles. The minimum Gasteiger partial charge on any atom is -0.380 e. The maximum atomic E-state index is 13.3. The highest BCUT2D eigenvalue weighted by atomic mass is 35.5. The van der Waals surface area contributed by atoms with Crippen molar-refractivity contribution < 1.29 is 9.32 Å². The second-order valence-electron chi connectivity index (χ2n) is 7.19. The molecule has 1 aliphatic rings. The summed E-state index contributed by atoms with van der Waals surface area (Å²) in [7, 11) is 0. The van der Waals surface area contributed by atoms with E-state index in [9.17, 15) is 4.79 Å². The molecule has 0 aliphatic carbocycles. The van der Waals surface area contributed by atoms with Crippen molar-refractivity contribution in [2.24, 2.45) is 0 Å². The molecule has 1 N–H and O–H groups in total. The summed E-state index contributed by atoms with van der Waals surface area (Å²) in [5, 5.41) is 7.91. The van der Waals surface area contributed by atoms with E-state index in [1.165, 1.54) is 6.42 Å². The van der Waals surface area contributed by atoms with Crippen LogP contribution in [0.1, 0.15) is 60.5 Å². The summed E-state index contributed by atoms with van der Waals surface area (Å²) in [5.74, 6) is 0.823. The van der Waals surface area contributed by atoms with Crippen LogP contribution in [0.25, 0.3) is 0 Å². The molecule has 1 amide bonds. The maximum Gasteiger partial charge on any atom is 0.256 e. The molecule has 1 aromatic carbocycles. The molecular weight excluding hydrogens is 350 g/mol. The number of aryl methyl sites for hydroxylation is 2. The Morgan fingerprint density at radius 3 is 2.62 bits per heavy atom. The molecule has 0 spiro atoms. The Morgan fingerprint density at radius 2 is 2.00 bits per heavy atom. The number of rotatable bonds is 4. The minimum absolute atomic E-state index is 0.0356. The van der Waals surface area contributed by atoms with Crippen molar-refractivity contribution in [2.75, 3.05) is 5.32 Å². The Kier molecular flexibility index (Phi) is 5.56. The first kappa shape index (κ1) is 18.8. The molecular formula is C20H26ClN3O2. The molecule has 1 aromatic heterocycles. The number of nitrogens with one attached hydrogen (secondary N) is 1. The molecule has 3 rings (SSSR count). The van der Waals surface area contributed by atoms with Crippen LogP contribution in [0, 0.1) is 13.8 Å². The van der Waals surface area contributed by atoms with E-state index in [0.717, 1.165) is 35.5 Å². The molecule has 0 saturated carbocycles. The third-order valence-electron chi connectivity index (χ3n) is 5.28. The number of hydrogen-bond donors (Lipinski definition) is 1. The van der Waals surface area contributed by atoms with Gasteiger partial charge in [-0.3, -0.25) is 4.79 Å². The number of carbonyl (C=O) groups is 1. The maximum absolute atomic E-state index is 13.3. The van der Waals surface area contributed by atoms with E-state index >= 15 is 0 Å². The Hall–Kier alpha value is -2.01. The van der Waals surface area contributed by atoms with Gasteiger partial charge < -0.3 is 14.7 Å². The number of piperidine rings is 1. The fourth-order valence-corrected chi connectivity index (χ4v) is 3.92. The van der Waals surface area contributed by atoms with Gasteiger partial charge in [0.25, 0.3) is 5.91 Å². The number of amides is 1. The van der Waals surface area contributed by atoms with E-state index in [4.69, 9.17) is 16.1 Å². The van der Waals surface area contributed by atoms with Crippen molar-refractivity contribution in [1.82, 2.24) is 10.1 Å². The Bertz CT molecular complexity index is 773. The van der Waals surface area contributed by atoms with E-state index in [1.807, 2.05) is 24.8 Å². The summed E-state index contributed by atoms with van der Waals surface area (Å²) in [4.78, 5) is 15.3. The van der Waals surface area contributed by atoms with Gasteiger partial charge in [-0.25, -0.2) is 0 Å². The molecule has 2 aromatic rings. The van der Waals surface area contributed by atoms with Gasteiger partial charge in [0, 0.05) is 34.9 Å². The number of anilines is 1. The van der Waals surface area contributed by atoms with Gasteiger partial charge in [-0.05, 0) is 65.2 Å². The van der Waals surface area contributed by atoms with E-state index in [0.29, 0.717) is 17.1 Å². The largest absolute Gasteiger partial charge is 0.380 e. The van der Waals surface area contributed by atoms with Gasteiger partial charge in [-0.15, -0.1) is 0 Å². The van der Waals surface area contributed by atoms with Gasteiger partial charge in [0.1, 0.15) is 5.76 Å². The Balaban J connectivity index is 1.87. The third-order valence-corrected chi connectivity index (χ3v) is 5.51. The highest BCUT2D eigenvalue weighted by Gasteiger charge is 2.31. The lowest BCUT2D eigenvalue weighted by molar-refractivity contribution is 0.0512. The number of nitrogens with zero attached hydrogens (tertiary/aromatic N) is 2. The molecule has 1 saturated heterocycles. The number of hydrogen-bond acceptors (Lipinski definition) is 4. The van der Waals surface area contributed by atoms with Gasteiger partial charge in [0.15, 0.2) is 0 Å². The monoisotopic (exact) mass is 375 g/mol. The zero-order valence-electron chi connectivity index (χ0n) is 15.8. The second kappa shape index (κ2) is 7.70. The summed E-state index contributed by atoms with van der Waals surface area (Å²) in [6, 6.07) is 5.90. The molecule has 5 nitrogen and oxygen atoms in total. The minimum atomic E-state index is 0.0356. The lowest BCUT2D eigenvalue weighted by Crippen LogP contribution is -2.47. The first-order chi connectivity index (χ1) is 12.4. The zero-order valence-corrected chi connectivity index (χ0v) is 16.6. The lowest BCUT2D eigenvalue weighted by Gasteiger charge is -2.39. The zero-order chi connectivity index (χ0) is 18.8. The van der Waals surface area contributed by atoms with Crippen molar-refractivity contribution in [3.8, 4) is 0 Å². The number of halogens is 1. The number of benzene rings is 1. The molecule has 2 unspecified atom stereocenters. The van der Waals surface area contributed by atoms with Crippen molar-refractivity contribution in [2.45, 2.75) is 65.6 Å². The Labute approximate surface area is 159 Å². The Morgan fingerprint density at radius 1 is 1.31 bits per heavy atom. The molecule has 0 radical (unpaired) electrons. The average Bonchev–Trinajstić information content (AvgIpc) is 2.92. The number of aromatic nitrogens is 1. The van der Waals surface area contributed by atoms with Crippen molar-refractivity contribution >= 4 is 23.2 Å². The lowest BCUT2D eigenvalue weighted by atomic mass is 9.96. The molecule has 2 heterocycles. The average molecular weight is 376 g/mol. The summed E-state index contributed by atoms with van der Waals surface area (Å²) < 4.78 is 5.22. The molecule has 6 heteroatoms. The van der Waals surface area contributed by atoms with Crippen LogP contribution in [0.2, 0.25) is 5.02 Å². The normalized spacial score (nSPS) is 20.3. The number of carbonyl (C=O) groups excluding carboxylic acids is 1.